The van der Waals surface area contributed by atoms with E-state index in [1.165, 1.54) is 18.0 Å². The predicted octanol–water partition coefficient (Wildman–Crippen LogP) is 2.36. The maximum Gasteiger partial charge on any atom is 0.289 e. The molecule has 1 aromatic carbocycles. The van der Waals surface area contributed by atoms with Gasteiger partial charge in [0.1, 0.15) is 0 Å². The summed E-state index contributed by atoms with van der Waals surface area (Å²) >= 11 is 1.47. The zero-order valence-corrected chi connectivity index (χ0v) is 15.4. The lowest BCUT2D eigenvalue weighted by atomic mass is 10.0. The van der Waals surface area contributed by atoms with Crippen LogP contribution in [0.2, 0.25) is 0 Å². The Bertz CT molecular complexity index is 873. The predicted molar refractivity (Wildman–Crippen MR) is 101 cm³/mol. The molecule has 3 amide bonds. The van der Waals surface area contributed by atoms with Crippen molar-refractivity contribution in [1.29, 1.82) is 0 Å². The summed E-state index contributed by atoms with van der Waals surface area (Å²) in [5.41, 5.74) is 1.20. The average Bonchev–Trinajstić information content (AvgIpc) is 3.22. The zero-order chi connectivity index (χ0) is 18.8. The number of thioether (sulfide) groups is 1. The topological polar surface area (TPSA) is 91.7 Å². The molecule has 0 aliphatic carbocycles. The summed E-state index contributed by atoms with van der Waals surface area (Å²) in [7, 11) is 0. The van der Waals surface area contributed by atoms with E-state index in [9.17, 15) is 14.4 Å². The first-order chi connectivity index (χ1) is 13.1. The van der Waals surface area contributed by atoms with Gasteiger partial charge in [0.15, 0.2) is 5.76 Å². The number of furan rings is 1. The van der Waals surface area contributed by atoms with E-state index < -0.39 is 0 Å². The SMILES string of the molecule is O=C1CSc2ccc(C(=O)NC3CCN(C(=O)c4ccco4)CC3)cc2N1. The molecule has 2 N–H and O–H groups in total. The number of amides is 3. The highest BCUT2D eigenvalue weighted by Gasteiger charge is 2.26. The van der Waals surface area contributed by atoms with E-state index in [-0.39, 0.29) is 23.8 Å². The number of carbonyl (C=O) groups is 3. The Morgan fingerprint density at radius 2 is 2.04 bits per heavy atom. The third-order valence-corrected chi connectivity index (χ3v) is 5.80. The Kier molecular flexibility index (Phi) is 4.89. The number of nitrogens with zero attached hydrogens (tertiary/aromatic N) is 1. The van der Waals surface area contributed by atoms with Crippen LogP contribution in [0.15, 0.2) is 45.9 Å². The molecule has 1 saturated heterocycles. The van der Waals surface area contributed by atoms with Crippen molar-refractivity contribution in [2.24, 2.45) is 0 Å². The van der Waals surface area contributed by atoms with Crippen LogP contribution in [0.4, 0.5) is 5.69 Å². The Morgan fingerprint density at radius 3 is 2.78 bits per heavy atom. The summed E-state index contributed by atoms with van der Waals surface area (Å²) in [5, 5.41) is 5.83. The zero-order valence-electron chi connectivity index (χ0n) is 14.6. The molecule has 7 nitrogen and oxygen atoms in total. The number of hydrogen-bond acceptors (Lipinski definition) is 5. The molecule has 0 atom stereocenters. The molecule has 2 aromatic rings. The van der Waals surface area contributed by atoms with Crippen LogP contribution >= 0.6 is 11.8 Å². The first kappa shape index (κ1) is 17.7. The fraction of sp³-hybridized carbons (Fsp3) is 0.316. The molecule has 2 aliphatic rings. The monoisotopic (exact) mass is 385 g/mol. The van der Waals surface area contributed by atoms with Gasteiger partial charge in [-0.25, -0.2) is 0 Å². The van der Waals surface area contributed by atoms with Crippen molar-refractivity contribution >= 4 is 35.2 Å². The molecule has 1 aromatic heterocycles. The minimum atomic E-state index is -0.168. The van der Waals surface area contributed by atoms with E-state index in [0.29, 0.717) is 48.7 Å². The van der Waals surface area contributed by atoms with E-state index in [1.807, 2.05) is 6.07 Å². The summed E-state index contributed by atoms with van der Waals surface area (Å²) < 4.78 is 5.16. The van der Waals surface area contributed by atoms with E-state index in [4.69, 9.17) is 4.42 Å². The van der Waals surface area contributed by atoms with E-state index in [0.717, 1.165) is 4.90 Å². The number of hydrogen-bond donors (Lipinski definition) is 2. The smallest absolute Gasteiger partial charge is 0.289 e. The van der Waals surface area contributed by atoms with E-state index in [1.54, 1.807) is 29.2 Å². The second-order valence-electron chi connectivity index (χ2n) is 6.57. The molecule has 1 fully saturated rings. The number of piperidine rings is 1. The lowest BCUT2D eigenvalue weighted by molar-refractivity contribution is -0.113. The lowest BCUT2D eigenvalue weighted by Crippen LogP contribution is -2.46. The van der Waals surface area contributed by atoms with Gasteiger partial charge in [0.2, 0.25) is 5.91 Å². The van der Waals surface area contributed by atoms with Crippen LogP contribution in [0.1, 0.15) is 33.8 Å². The normalized spacial score (nSPS) is 17.2. The Morgan fingerprint density at radius 1 is 1.22 bits per heavy atom. The second kappa shape index (κ2) is 7.48. The van der Waals surface area contributed by atoms with Crippen molar-refractivity contribution in [2.75, 3.05) is 24.2 Å². The maximum absolute atomic E-state index is 12.6. The van der Waals surface area contributed by atoms with Crippen LogP contribution in [-0.2, 0) is 4.79 Å². The molecule has 140 valence electrons. The van der Waals surface area contributed by atoms with Gasteiger partial charge in [-0.15, -0.1) is 11.8 Å². The largest absolute Gasteiger partial charge is 0.459 e. The van der Waals surface area contributed by atoms with E-state index >= 15 is 0 Å². The van der Waals surface area contributed by atoms with Crippen LogP contribution in [0, 0.1) is 0 Å². The lowest BCUT2D eigenvalue weighted by Gasteiger charge is -2.32. The molecular formula is C19H19N3O4S. The molecule has 2 aliphatic heterocycles. The van der Waals surface area contributed by atoms with Gasteiger partial charge in [0, 0.05) is 29.6 Å². The standard InChI is InChI=1S/C19H19N3O4S/c23-17-11-27-16-4-3-12(10-14(16)21-17)18(24)20-13-5-7-22(8-6-13)19(25)15-2-1-9-26-15/h1-4,9-10,13H,5-8,11H2,(H,20,24)(H,21,23). The minimum Gasteiger partial charge on any atom is -0.459 e. The molecule has 8 heteroatoms. The molecule has 0 unspecified atom stereocenters. The highest BCUT2D eigenvalue weighted by Crippen LogP contribution is 2.32. The summed E-state index contributed by atoms with van der Waals surface area (Å²) in [6, 6.07) is 8.71. The van der Waals surface area contributed by atoms with Gasteiger partial charge in [-0.1, -0.05) is 0 Å². The van der Waals surface area contributed by atoms with Gasteiger partial charge in [0.05, 0.1) is 17.7 Å². The summed E-state index contributed by atoms with van der Waals surface area (Å²) in [5.74, 6) is 0.393. The number of fused-ring (bicyclic) bond motifs is 1. The van der Waals surface area contributed by atoms with Crippen molar-refractivity contribution in [3.63, 3.8) is 0 Å². The molecular weight excluding hydrogens is 366 g/mol. The van der Waals surface area contributed by atoms with Crippen molar-refractivity contribution in [2.45, 2.75) is 23.8 Å². The maximum atomic E-state index is 12.6. The van der Waals surface area contributed by atoms with Gasteiger partial charge in [-0.05, 0) is 43.2 Å². The molecule has 4 rings (SSSR count). The Balaban J connectivity index is 1.34. The van der Waals surface area contributed by atoms with Gasteiger partial charge in [-0.2, -0.15) is 0 Å². The minimum absolute atomic E-state index is 0.0122. The van der Waals surface area contributed by atoms with Crippen LogP contribution in [-0.4, -0.2) is 47.5 Å². The molecule has 0 bridgehead atoms. The average molecular weight is 385 g/mol. The number of carbonyl (C=O) groups excluding carboxylic acids is 3. The van der Waals surface area contributed by atoms with Gasteiger partial charge < -0.3 is 20.0 Å². The number of likely N-dealkylation sites (tertiary alicyclic amines) is 1. The summed E-state index contributed by atoms with van der Waals surface area (Å²) in [6.07, 6.45) is 2.87. The fourth-order valence-corrected chi connectivity index (χ4v) is 4.06. The van der Waals surface area contributed by atoms with Crippen molar-refractivity contribution in [3.05, 3.63) is 47.9 Å². The highest BCUT2D eigenvalue weighted by atomic mass is 32.2. The molecule has 0 spiro atoms. The highest BCUT2D eigenvalue weighted by molar-refractivity contribution is 8.00. The first-order valence-electron chi connectivity index (χ1n) is 8.80. The number of benzene rings is 1. The summed E-state index contributed by atoms with van der Waals surface area (Å²) in [4.78, 5) is 39.1. The van der Waals surface area contributed by atoms with Crippen LogP contribution in [0.25, 0.3) is 0 Å². The molecule has 0 saturated carbocycles. The molecule has 3 heterocycles. The van der Waals surface area contributed by atoms with Crippen LogP contribution < -0.4 is 10.6 Å². The molecule has 0 radical (unpaired) electrons. The van der Waals surface area contributed by atoms with Crippen LogP contribution in [0.5, 0.6) is 0 Å². The van der Waals surface area contributed by atoms with Crippen molar-refractivity contribution in [1.82, 2.24) is 10.2 Å². The van der Waals surface area contributed by atoms with Crippen LogP contribution in [0.3, 0.4) is 0 Å². The Hall–Kier alpha value is -2.74. The first-order valence-corrected chi connectivity index (χ1v) is 9.79. The fourth-order valence-electron chi connectivity index (χ4n) is 3.28. The van der Waals surface area contributed by atoms with Gasteiger partial charge >= 0.3 is 0 Å². The Labute approximate surface area is 160 Å². The van der Waals surface area contributed by atoms with Gasteiger partial charge in [-0.3, -0.25) is 14.4 Å². The summed E-state index contributed by atoms with van der Waals surface area (Å²) in [6.45, 7) is 1.14. The second-order valence-corrected chi connectivity index (χ2v) is 7.58. The number of rotatable bonds is 3. The third kappa shape index (κ3) is 3.85. The molecule has 27 heavy (non-hydrogen) atoms. The van der Waals surface area contributed by atoms with Crippen molar-refractivity contribution in [3.8, 4) is 0 Å². The van der Waals surface area contributed by atoms with Gasteiger partial charge in [0.25, 0.3) is 11.8 Å². The number of anilines is 1. The van der Waals surface area contributed by atoms with Crippen molar-refractivity contribution < 1.29 is 18.8 Å². The third-order valence-electron chi connectivity index (χ3n) is 4.72. The van der Waals surface area contributed by atoms with E-state index in [2.05, 4.69) is 10.6 Å². The quantitative estimate of drug-likeness (QED) is 0.846. The number of nitrogens with one attached hydrogen (secondary N) is 2.